The van der Waals surface area contributed by atoms with Crippen molar-refractivity contribution in [3.05, 3.63) is 75.5 Å². The number of halogens is 1. The maximum Gasteiger partial charge on any atom is 0.272 e. The third-order valence-electron chi connectivity index (χ3n) is 9.13. The van der Waals surface area contributed by atoms with Crippen LogP contribution in [0.4, 0.5) is 4.39 Å². The molecule has 3 aliphatic heterocycles. The van der Waals surface area contributed by atoms with E-state index in [0.29, 0.717) is 50.2 Å². The number of carbonyl (C=O) groups is 2. The largest absolute Gasteiger partial charge is 0.338 e. The van der Waals surface area contributed by atoms with Crippen molar-refractivity contribution < 1.29 is 14.0 Å². The number of piperazine rings is 2. The molecule has 256 valence electrons. The number of piperidine rings is 1. The van der Waals surface area contributed by atoms with Gasteiger partial charge >= 0.3 is 0 Å². The maximum atomic E-state index is 14.9. The second kappa shape index (κ2) is 18.0. The third kappa shape index (κ3) is 9.46. The highest BCUT2D eigenvalue weighted by atomic mass is 19.1. The van der Waals surface area contributed by atoms with Gasteiger partial charge in [-0.2, -0.15) is 5.10 Å². The summed E-state index contributed by atoms with van der Waals surface area (Å²) in [5, 5.41) is 11.4. The first-order chi connectivity index (χ1) is 22.9. The summed E-state index contributed by atoms with van der Waals surface area (Å²) in [5.74, 6) is -0.0911. The number of hydrogen-bond acceptors (Lipinski definition) is 7. The fraction of sp³-hybridized carbons (Fsp3) is 0.556. The predicted octanol–water partition coefficient (Wildman–Crippen LogP) is 3.61. The number of fused-ring (bicyclic) bond motifs is 1. The smallest absolute Gasteiger partial charge is 0.272 e. The Morgan fingerprint density at radius 3 is 2.13 bits per heavy atom. The molecule has 3 fully saturated rings. The predicted molar refractivity (Wildman–Crippen MR) is 185 cm³/mol. The summed E-state index contributed by atoms with van der Waals surface area (Å²) in [6.45, 7) is 17.2. The third-order valence-corrected chi connectivity index (χ3v) is 9.13. The van der Waals surface area contributed by atoms with Crippen molar-refractivity contribution in [3.63, 3.8) is 0 Å². The first-order valence-corrected chi connectivity index (χ1v) is 17.4. The maximum absolute atomic E-state index is 14.9. The van der Waals surface area contributed by atoms with Gasteiger partial charge in [-0.3, -0.25) is 19.3 Å². The van der Waals surface area contributed by atoms with Crippen LogP contribution in [-0.4, -0.2) is 120 Å². The zero-order chi connectivity index (χ0) is 33.8. The Labute approximate surface area is 278 Å². The van der Waals surface area contributed by atoms with Gasteiger partial charge in [0.25, 0.3) is 11.5 Å². The highest BCUT2D eigenvalue weighted by Crippen LogP contribution is 2.20. The van der Waals surface area contributed by atoms with Crippen LogP contribution in [0.5, 0.6) is 0 Å². The molecule has 47 heavy (non-hydrogen) atoms. The first kappa shape index (κ1) is 36.2. The number of rotatable bonds is 7. The van der Waals surface area contributed by atoms with Gasteiger partial charge in [0.05, 0.1) is 23.2 Å². The van der Waals surface area contributed by atoms with Crippen LogP contribution in [0.1, 0.15) is 62.2 Å². The number of amides is 2. The van der Waals surface area contributed by atoms with E-state index in [1.54, 1.807) is 29.2 Å². The average molecular weight is 650 g/mol. The Morgan fingerprint density at radius 1 is 0.830 bits per heavy atom. The molecule has 0 aliphatic carbocycles. The molecule has 6 rings (SSSR count). The van der Waals surface area contributed by atoms with Gasteiger partial charge in [-0.05, 0) is 55.6 Å². The molecule has 3 aliphatic rings. The second-order valence-corrected chi connectivity index (χ2v) is 12.0. The van der Waals surface area contributed by atoms with Crippen LogP contribution in [-0.2, 0) is 11.2 Å². The molecule has 3 saturated heterocycles. The number of nitrogens with one attached hydrogen (secondary N) is 2. The van der Waals surface area contributed by atoms with E-state index in [4.69, 9.17) is 0 Å². The van der Waals surface area contributed by atoms with Crippen molar-refractivity contribution in [1.29, 1.82) is 0 Å². The molecule has 11 heteroatoms. The molecule has 0 bridgehead atoms. The fourth-order valence-corrected chi connectivity index (χ4v) is 6.53. The van der Waals surface area contributed by atoms with Crippen molar-refractivity contribution in [3.8, 4) is 0 Å². The molecule has 4 heterocycles. The Bertz CT molecular complexity index is 1510. The quantitative estimate of drug-likeness (QED) is 0.403. The van der Waals surface area contributed by atoms with Crippen molar-refractivity contribution in [2.45, 2.75) is 47.0 Å². The summed E-state index contributed by atoms with van der Waals surface area (Å²) in [4.78, 5) is 46.8. The van der Waals surface area contributed by atoms with Gasteiger partial charge in [0, 0.05) is 70.7 Å². The minimum Gasteiger partial charge on any atom is -0.338 e. The summed E-state index contributed by atoms with van der Waals surface area (Å²) < 4.78 is 14.9. The number of hydrogen-bond donors (Lipinski definition) is 2. The highest BCUT2D eigenvalue weighted by Gasteiger charge is 2.29. The van der Waals surface area contributed by atoms with E-state index in [9.17, 15) is 18.8 Å². The SMILES string of the molecule is CC.CC.O=C(CN1CCN(CC2CCNCC2)CC1)N1CCN(C(=O)c2cc(Cc3n[nH]c(=O)c4ccccc34)ccc2F)CC1. The molecule has 0 atom stereocenters. The summed E-state index contributed by atoms with van der Waals surface area (Å²) >= 11 is 0. The van der Waals surface area contributed by atoms with Crippen molar-refractivity contribution >= 4 is 22.6 Å². The Kier molecular flexibility index (Phi) is 13.9. The van der Waals surface area contributed by atoms with Crippen molar-refractivity contribution in [1.82, 2.24) is 35.1 Å². The lowest BCUT2D eigenvalue weighted by Gasteiger charge is -2.39. The summed E-state index contributed by atoms with van der Waals surface area (Å²) in [6.07, 6.45) is 2.83. The summed E-state index contributed by atoms with van der Waals surface area (Å²) in [6, 6.07) is 11.7. The normalized spacial score (nSPS) is 17.8. The zero-order valence-corrected chi connectivity index (χ0v) is 28.6. The number of carbonyl (C=O) groups excluding carboxylic acids is 2. The average Bonchev–Trinajstić information content (AvgIpc) is 3.13. The van der Waals surface area contributed by atoms with Gasteiger partial charge < -0.3 is 20.0 Å². The number of aromatic nitrogens is 2. The number of benzene rings is 2. The number of nitrogens with zero attached hydrogens (tertiary/aromatic N) is 5. The molecule has 0 radical (unpaired) electrons. The van der Waals surface area contributed by atoms with E-state index in [0.717, 1.165) is 62.7 Å². The molecule has 10 nitrogen and oxygen atoms in total. The lowest BCUT2D eigenvalue weighted by Crippen LogP contribution is -2.55. The molecule has 0 unspecified atom stereocenters. The van der Waals surface area contributed by atoms with E-state index in [1.165, 1.54) is 18.9 Å². The lowest BCUT2D eigenvalue weighted by molar-refractivity contribution is -0.134. The zero-order valence-electron chi connectivity index (χ0n) is 28.6. The molecular formula is C36H52FN7O3. The van der Waals surface area contributed by atoms with Gasteiger partial charge in [-0.25, -0.2) is 9.49 Å². The van der Waals surface area contributed by atoms with Crippen LogP contribution in [0, 0.1) is 11.7 Å². The van der Waals surface area contributed by atoms with Gasteiger partial charge in [-0.1, -0.05) is 52.0 Å². The first-order valence-electron chi connectivity index (χ1n) is 17.4. The van der Waals surface area contributed by atoms with E-state index in [2.05, 4.69) is 25.3 Å². The fourth-order valence-electron chi connectivity index (χ4n) is 6.53. The molecule has 1 aromatic heterocycles. The van der Waals surface area contributed by atoms with Gasteiger partial charge in [0.15, 0.2) is 0 Å². The standard InChI is InChI=1S/C32H40FN7O3.2C2H6/c33-28-6-5-24(20-29-25-3-1-2-4-26(25)31(42)36-35-29)19-27(28)32(43)40-17-15-39(16-18-40)30(41)22-38-13-11-37(12-14-38)21-23-7-9-34-10-8-23;2*1-2/h1-6,19,23,34H,7-18,20-22H2,(H,36,42);2*1-2H3. The van der Waals surface area contributed by atoms with Gasteiger partial charge in [0.1, 0.15) is 5.82 Å². The molecule has 2 aromatic carbocycles. The van der Waals surface area contributed by atoms with Crippen LogP contribution in [0.25, 0.3) is 10.8 Å². The van der Waals surface area contributed by atoms with E-state index in [-0.39, 0.29) is 22.9 Å². The topological polar surface area (TPSA) is 105 Å². The minimum atomic E-state index is -0.578. The van der Waals surface area contributed by atoms with Crippen LogP contribution < -0.4 is 10.9 Å². The van der Waals surface area contributed by atoms with Crippen LogP contribution >= 0.6 is 0 Å². The van der Waals surface area contributed by atoms with Crippen LogP contribution in [0.15, 0.2) is 47.3 Å². The Hall–Kier alpha value is -3.67. The van der Waals surface area contributed by atoms with Gasteiger partial charge in [-0.15, -0.1) is 0 Å². The highest BCUT2D eigenvalue weighted by molar-refractivity contribution is 5.95. The molecular weight excluding hydrogens is 597 g/mol. The van der Waals surface area contributed by atoms with Crippen LogP contribution in [0.3, 0.4) is 0 Å². The molecule has 0 saturated carbocycles. The van der Waals surface area contributed by atoms with E-state index < -0.39 is 5.82 Å². The second-order valence-electron chi connectivity index (χ2n) is 12.0. The summed E-state index contributed by atoms with van der Waals surface area (Å²) in [7, 11) is 0. The van der Waals surface area contributed by atoms with Crippen molar-refractivity contribution in [2.24, 2.45) is 5.92 Å². The molecule has 2 N–H and O–H groups in total. The Balaban J connectivity index is 0.00000120. The monoisotopic (exact) mass is 649 g/mol. The molecule has 3 aromatic rings. The van der Waals surface area contributed by atoms with E-state index in [1.807, 2.05) is 44.7 Å². The van der Waals surface area contributed by atoms with Crippen LogP contribution in [0.2, 0.25) is 0 Å². The minimum absolute atomic E-state index is 0.00775. The number of aromatic amines is 1. The molecule has 0 spiro atoms. The summed E-state index contributed by atoms with van der Waals surface area (Å²) in [5.41, 5.74) is 1.11. The number of H-pyrrole nitrogens is 1. The van der Waals surface area contributed by atoms with Crippen molar-refractivity contribution in [2.75, 3.05) is 78.5 Å². The van der Waals surface area contributed by atoms with Gasteiger partial charge in [0.2, 0.25) is 5.91 Å². The Morgan fingerprint density at radius 2 is 1.45 bits per heavy atom. The lowest BCUT2D eigenvalue weighted by atomic mass is 9.97. The van der Waals surface area contributed by atoms with E-state index >= 15 is 0 Å². The molecule has 2 amide bonds.